The molecule has 1 fully saturated rings. The Morgan fingerprint density at radius 3 is 2.87 bits per heavy atom. The zero-order valence-corrected chi connectivity index (χ0v) is 8.17. The zero-order chi connectivity index (χ0) is 10.7. The normalized spacial score (nSPS) is 20.3. The van der Waals surface area contributed by atoms with Crippen LogP contribution < -0.4 is 4.74 Å². The summed E-state index contributed by atoms with van der Waals surface area (Å²) >= 11 is 0. The van der Waals surface area contributed by atoms with Gasteiger partial charge in [-0.15, -0.1) is 0 Å². The number of nitrogens with zero attached hydrogens (tertiary/aromatic N) is 2. The standard InChI is InChI=1S/C10H12N2O3/c13-10(14)12-6-3-9(7-12)15-8-1-4-11-5-2-8/h1-2,4-5,9H,3,6-7H2,(H,13,14)/t9-/m1/s1. The van der Waals surface area contributed by atoms with Crippen LogP contribution in [0.25, 0.3) is 0 Å². The molecule has 2 heterocycles. The minimum Gasteiger partial charge on any atom is -0.488 e. The lowest BCUT2D eigenvalue weighted by molar-refractivity contribution is 0.145. The van der Waals surface area contributed by atoms with Crippen molar-refractivity contribution in [2.24, 2.45) is 0 Å². The quantitative estimate of drug-likeness (QED) is 0.793. The third kappa shape index (κ3) is 2.37. The van der Waals surface area contributed by atoms with E-state index in [0.717, 1.165) is 12.2 Å². The summed E-state index contributed by atoms with van der Waals surface area (Å²) in [5.74, 6) is 0.738. The number of hydrogen-bond donors (Lipinski definition) is 1. The first-order valence-electron chi connectivity index (χ1n) is 4.80. The van der Waals surface area contributed by atoms with Gasteiger partial charge in [0, 0.05) is 25.4 Å². The molecule has 1 aromatic rings. The van der Waals surface area contributed by atoms with E-state index in [2.05, 4.69) is 4.98 Å². The van der Waals surface area contributed by atoms with Gasteiger partial charge in [0.2, 0.25) is 0 Å². The van der Waals surface area contributed by atoms with E-state index in [-0.39, 0.29) is 6.10 Å². The van der Waals surface area contributed by atoms with Crippen molar-refractivity contribution in [1.29, 1.82) is 0 Å². The molecule has 0 saturated carbocycles. The summed E-state index contributed by atoms with van der Waals surface area (Å²) in [5, 5.41) is 8.76. The van der Waals surface area contributed by atoms with Crippen LogP contribution in [-0.4, -0.2) is 40.3 Å². The van der Waals surface area contributed by atoms with Crippen molar-refractivity contribution in [2.75, 3.05) is 13.1 Å². The number of amides is 1. The number of likely N-dealkylation sites (tertiary alicyclic amines) is 1. The number of rotatable bonds is 2. The molecule has 80 valence electrons. The molecule has 1 atom stereocenters. The third-order valence-electron chi connectivity index (χ3n) is 2.37. The van der Waals surface area contributed by atoms with Crippen LogP contribution in [0.4, 0.5) is 4.79 Å². The zero-order valence-electron chi connectivity index (χ0n) is 8.17. The summed E-state index contributed by atoms with van der Waals surface area (Å²) < 4.78 is 5.61. The minimum atomic E-state index is -0.879. The summed E-state index contributed by atoms with van der Waals surface area (Å²) in [6, 6.07) is 3.53. The van der Waals surface area contributed by atoms with E-state index in [1.54, 1.807) is 24.5 Å². The van der Waals surface area contributed by atoms with Gasteiger partial charge < -0.3 is 14.7 Å². The number of ether oxygens (including phenoxy) is 1. The fourth-order valence-electron chi connectivity index (χ4n) is 1.61. The minimum absolute atomic E-state index is 0.0384. The van der Waals surface area contributed by atoms with E-state index >= 15 is 0 Å². The van der Waals surface area contributed by atoms with Gasteiger partial charge in [-0.2, -0.15) is 0 Å². The number of pyridine rings is 1. The molecule has 0 spiro atoms. The lowest BCUT2D eigenvalue weighted by Crippen LogP contribution is -2.29. The van der Waals surface area contributed by atoms with Gasteiger partial charge in [-0.05, 0) is 12.1 Å². The predicted molar refractivity (Wildman–Crippen MR) is 52.9 cm³/mol. The maximum absolute atomic E-state index is 10.7. The van der Waals surface area contributed by atoms with E-state index in [1.807, 2.05) is 0 Å². The Morgan fingerprint density at radius 1 is 1.53 bits per heavy atom. The molecule has 1 aromatic heterocycles. The van der Waals surface area contributed by atoms with Gasteiger partial charge >= 0.3 is 6.09 Å². The van der Waals surface area contributed by atoms with Crippen molar-refractivity contribution in [1.82, 2.24) is 9.88 Å². The van der Waals surface area contributed by atoms with Crippen molar-refractivity contribution in [2.45, 2.75) is 12.5 Å². The molecule has 0 unspecified atom stereocenters. The summed E-state index contributed by atoms with van der Waals surface area (Å²) in [7, 11) is 0. The highest BCUT2D eigenvalue weighted by molar-refractivity contribution is 5.65. The molecule has 1 amide bonds. The van der Waals surface area contributed by atoms with Crippen LogP contribution in [0, 0.1) is 0 Å². The fraction of sp³-hybridized carbons (Fsp3) is 0.400. The molecule has 1 saturated heterocycles. The number of carbonyl (C=O) groups is 1. The Hall–Kier alpha value is -1.78. The monoisotopic (exact) mass is 208 g/mol. The average molecular weight is 208 g/mol. The van der Waals surface area contributed by atoms with E-state index < -0.39 is 6.09 Å². The second kappa shape index (κ2) is 4.16. The summed E-state index contributed by atoms with van der Waals surface area (Å²) in [6.07, 6.45) is 3.13. The van der Waals surface area contributed by atoms with Crippen LogP contribution in [0.5, 0.6) is 5.75 Å². The highest BCUT2D eigenvalue weighted by Gasteiger charge is 2.27. The van der Waals surface area contributed by atoms with Gasteiger partial charge in [0.15, 0.2) is 0 Å². The second-order valence-electron chi connectivity index (χ2n) is 3.44. The first-order valence-corrected chi connectivity index (χ1v) is 4.80. The van der Waals surface area contributed by atoms with Crippen molar-refractivity contribution in [3.05, 3.63) is 24.5 Å². The molecule has 0 aliphatic carbocycles. The highest BCUT2D eigenvalue weighted by Crippen LogP contribution is 2.17. The van der Waals surface area contributed by atoms with Gasteiger partial charge in [0.25, 0.3) is 0 Å². The van der Waals surface area contributed by atoms with E-state index in [0.29, 0.717) is 13.1 Å². The molecule has 0 bridgehead atoms. The van der Waals surface area contributed by atoms with Gasteiger partial charge in [0.05, 0.1) is 6.54 Å². The largest absolute Gasteiger partial charge is 0.488 e. The molecule has 1 aliphatic rings. The summed E-state index contributed by atoms with van der Waals surface area (Å²) in [6.45, 7) is 0.989. The van der Waals surface area contributed by atoms with Crippen LogP contribution in [0.3, 0.4) is 0 Å². The van der Waals surface area contributed by atoms with Crippen LogP contribution in [0.2, 0.25) is 0 Å². The van der Waals surface area contributed by atoms with Crippen molar-refractivity contribution in [3.63, 3.8) is 0 Å². The summed E-state index contributed by atoms with van der Waals surface area (Å²) in [5.41, 5.74) is 0. The lowest BCUT2D eigenvalue weighted by Gasteiger charge is -2.14. The molecule has 5 nitrogen and oxygen atoms in total. The van der Waals surface area contributed by atoms with Crippen LogP contribution in [-0.2, 0) is 0 Å². The summed E-state index contributed by atoms with van der Waals surface area (Å²) in [4.78, 5) is 15.9. The molecule has 1 N–H and O–H groups in total. The number of carboxylic acid groups (broad SMARTS) is 1. The number of hydrogen-bond acceptors (Lipinski definition) is 3. The van der Waals surface area contributed by atoms with Crippen LogP contribution in [0.15, 0.2) is 24.5 Å². The Labute approximate surface area is 87.3 Å². The maximum atomic E-state index is 10.7. The first-order chi connectivity index (χ1) is 7.25. The third-order valence-corrected chi connectivity index (χ3v) is 2.37. The van der Waals surface area contributed by atoms with Gasteiger partial charge in [-0.25, -0.2) is 4.79 Å². The Kier molecular flexibility index (Phi) is 2.71. The molecule has 2 rings (SSSR count). The number of aromatic nitrogens is 1. The van der Waals surface area contributed by atoms with Gasteiger partial charge in [-0.3, -0.25) is 4.98 Å². The predicted octanol–water partition coefficient (Wildman–Crippen LogP) is 1.21. The molecule has 0 aromatic carbocycles. The molecular weight excluding hydrogens is 196 g/mol. The average Bonchev–Trinajstić information content (AvgIpc) is 2.68. The van der Waals surface area contributed by atoms with E-state index in [9.17, 15) is 4.79 Å². The van der Waals surface area contributed by atoms with Gasteiger partial charge in [0.1, 0.15) is 11.9 Å². The van der Waals surface area contributed by atoms with Crippen LogP contribution >= 0.6 is 0 Å². The van der Waals surface area contributed by atoms with E-state index in [1.165, 1.54) is 4.90 Å². The first kappa shape index (κ1) is 9.76. The molecule has 0 radical (unpaired) electrons. The Bertz CT molecular complexity index is 342. The molecule has 15 heavy (non-hydrogen) atoms. The molecular formula is C10H12N2O3. The van der Waals surface area contributed by atoms with E-state index in [4.69, 9.17) is 9.84 Å². The highest BCUT2D eigenvalue weighted by atomic mass is 16.5. The van der Waals surface area contributed by atoms with Gasteiger partial charge in [-0.1, -0.05) is 0 Å². The molecule has 1 aliphatic heterocycles. The van der Waals surface area contributed by atoms with Crippen molar-refractivity contribution < 1.29 is 14.6 Å². The van der Waals surface area contributed by atoms with Crippen LogP contribution in [0.1, 0.15) is 6.42 Å². The van der Waals surface area contributed by atoms with Crippen molar-refractivity contribution in [3.8, 4) is 5.75 Å². The lowest BCUT2D eigenvalue weighted by atomic mass is 10.3. The molecule has 5 heteroatoms. The maximum Gasteiger partial charge on any atom is 0.407 e. The fourth-order valence-corrected chi connectivity index (χ4v) is 1.61. The SMILES string of the molecule is O=C(O)N1CC[C@@H](Oc2ccncc2)C1. The topological polar surface area (TPSA) is 62.7 Å². The second-order valence-corrected chi connectivity index (χ2v) is 3.44. The van der Waals surface area contributed by atoms with Crippen molar-refractivity contribution >= 4 is 6.09 Å². The Morgan fingerprint density at radius 2 is 2.27 bits per heavy atom. The Balaban J connectivity index is 1.90. The smallest absolute Gasteiger partial charge is 0.407 e.